The van der Waals surface area contributed by atoms with Crippen molar-refractivity contribution in [3.8, 4) is 0 Å². The first-order chi connectivity index (χ1) is 9.40. The lowest BCUT2D eigenvalue weighted by Gasteiger charge is -2.14. The van der Waals surface area contributed by atoms with Crippen LogP contribution in [0.4, 0.5) is 0 Å². The predicted octanol–water partition coefficient (Wildman–Crippen LogP) is 4.14. The van der Waals surface area contributed by atoms with E-state index in [9.17, 15) is 0 Å². The topological polar surface area (TPSA) is 26.0 Å². The molecule has 2 rings (SSSR count). The van der Waals surface area contributed by atoms with Crippen molar-refractivity contribution in [1.82, 2.24) is 0 Å². The Balaban J connectivity index is 1.75. The molecule has 1 heteroatoms. The van der Waals surface area contributed by atoms with Crippen molar-refractivity contribution in [2.45, 2.75) is 31.6 Å². The monoisotopic (exact) mass is 253 g/mol. The first kappa shape index (κ1) is 13.8. The average Bonchev–Trinajstić information content (AvgIpc) is 2.49. The second kappa shape index (κ2) is 7.75. The minimum atomic E-state index is 0.511. The van der Waals surface area contributed by atoms with Gasteiger partial charge in [0.15, 0.2) is 0 Å². The van der Waals surface area contributed by atoms with Crippen LogP contribution in [0.15, 0.2) is 60.7 Å². The first-order valence-corrected chi connectivity index (χ1v) is 7.19. The largest absolute Gasteiger partial charge is 0.330 e. The summed E-state index contributed by atoms with van der Waals surface area (Å²) in [5.74, 6) is 0.511. The summed E-state index contributed by atoms with van der Waals surface area (Å²) in [4.78, 5) is 0. The van der Waals surface area contributed by atoms with Crippen LogP contribution in [0.5, 0.6) is 0 Å². The average molecular weight is 253 g/mol. The van der Waals surface area contributed by atoms with Crippen molar-refractivity contribution < 1.29 is 0 Å². The van der Waals surface area contributed by atoms with Crippen LogP contribution in [0.3, 0.4) is 0 Å². The Hall–Kier alpha value is -1.60. The van der Waals surface area contributed by atoms with Gasteiger partial charge in [-0.05, 0) is 42.9 Å². The number of benzene rings is 2. The smallest absolute Gasteiger partial charge is 0.000824 e. The van der Waals surface area contributed by atoms with Crippen LogP contribution in [-0.2, 0) is 6.42 Å². The SMILES string of the molecule is NC[C@@H](CCCCc1ccccc1)c1ccccc1. The standard InChI is InChI=1S/C18H23N/c19-15-18(17-12-5-2-6-13-17)14-8-7-11-16-9-3-1-4-10-16/h1-6,9-10,12-13,18H,7-8,11,14-15,19H2/t18-/m1/s1. The minimum absolute atomic E-state index is 0.511. The molecule has 19 heavy (non-hydrogen) atoms. The van der Waals surface area contributed by atoms with E-state index in [1.807, 2.05) is 0 Å². The van der Waals surface area contributed by atoms with Crippen molar-refractivity contribution in [1.29, 1.82) is 0 Å². The van der Waals surface area contributed by atoms with Gasteiger partial charge in [-0.1, -0.05) is 67.1 Å². The van der Waals surface area contributed by atoms with E-state index in [-0.39, 0.29) is 0 Å². The third kappa shape index (κ3) is 4.53. The van der Waals surface area contributed by atoms with Crippen LogP contribution in [0.1, 0.15) is 36.3 Å². The van der Waals surface area contributed by atoms with Gasteiger partial charge in [0.1, 0.15) is 0 Å². The number of hydrogen-bond acceptors (Lipinski definition) is 1. The molecule has 1 atom stereocenters. The number of aryl methyl sites for hydroxylation is 1. The van der Waals surface area contributed by atoms with E-state index in [1.54, 1.807) is 0 Å². The van der Waals surface area contributed by atoms with E-state index in [1.165, 1.54) is 36.8 Å². The van der Waals surface area contributed by atoms with Gasteiger partial charge in [0, 0.05) is 0 Å². The molecular formula is C18H23N. The van der Waals surface area contributed by atoms with Gasteiger partial charge in [0.2, 0.25) is 0 Å². The predicted molar refractivity (Wildman–Crippen MR) is 82.2 cm³/mol. The quantitative estimate of drug-likeness (QED) is 0.737. The highest BCUT2D eigenvalue weighted by molar-refractivity contribution is 5.19. The normalized spacial score (nSPS) is 12.3. The van der Waals surface area contributed by atoms with Crippen molar-refractivity contribution in [2.75, 3.05) is 6.54 Å². The van der Waals surface area contributed by atoms with Gasteiger partial charge in [-0.25, -0.2) is 0 Å². The summed E-state index contributed by atoms with van der Waals surface area (Å²) in [5.41, 5.74) is 8.71. The van der Waals surface area contributed by atoms with Crippen LogP contribution in [-0.4, -0.2) is 6.54 Å². The molecule has 0 spiro atoms. The maximum absolute atomic E-state index is 5.90. The van der Waals surface area contributed by atoms with Crippen molar-refractivity contribution >= 4 is 0 Å². The Morgan fingerprint density at radius 2 is 1.42 bits per heavy atom. The van der Waals surface area contributed by atoms with E-state index in [2.05, 4.69) is 60.7 Å². The fraction of sp³-hybridized carbons (Fsp3) is 0.333. The van der Waals surface area contributed by atoms with E-state index < -0.39 is 0 Å². The highest BCUT2D eigenvalue weighted by Gasteiger charge is 2.08. The Kier molecular flexibility index (Phi) is 5.64. The fourth-order valence-corrected chi connectivity index (χ4v) is 2.51. The third-order valence-corrected chi connectivity index (χ3v) is 3.67. The highest BCUT2D eigenvalue weighted by atomic mass is 14.5. The molecule has 2 aromatic carbocycles. The zero-order valence-corrected chi connectivity index (χ0v) is 11.5. The van der Waals surface area contributed by atoms with Gasteiger partial charge in [-0.15, -0.1) is 0 Å². The lowest BCUT2D eigenvalue weighted by Crippen LogP contribution is -2.12. The lowest BCUT2D eigenvalue weighted by atomic mass is 9.93. The number of unbranched alkanes of at least 4 members (excludes halogenated alkanes) is 1. The summed E-state index contributed by atoms with van der Waals surface area (Å²) in [6, 6.07) is 21.3. The lowest BCUT2D eigenvalue weighted by molar-refractivity contribution is 0.577. The first-order valence-electron chi connectivity index (χ1n) is 7.19. The van der Waals surface area contributed by atoms with Gasteiger partial charge < -0.3 is 5.73 Å². The molecule has 0 amide bonds. The summed E-state index contributed by atoms with van der Waals surface area (Å²) in [7, 11) is 0. The van der Waals surface area contributed by atoms with E-state index in [0.29, 0.717) is 5.92 Å². The molecule has 100 valence electrons. The number of hydrogen-bond donors (Lipinski definition) is 1. The number of rotatable bonds is 7. The molecule has 0 unspecified atom stereocenters. The summed E-state index contributed by atoms with van der Waals surface area (Å²) >= 11 is 0. The van der Waals surface area contributed by atoms with Gasteiger partial charge in [-0.3, -0.25) is 0 Å². The highest BCUT2D eigenvalue weighted by Crippen LogP contribution is 2.21. The van der Waals surface area contributed by atoms with Crippen molar-refractivity contribution in [2.24, 2.45) is 5.73 Å². The van der Waals surface area contributed by atoms with Crippen LogP contribution >= 0.6 is 0 Å². The summed E-state index contributed by atoms with van der Waals surface area (Å²) in [6.45, 7) is 0.745. The second-order valence-corrected chi connectivity index (χ2v) is 5.07. The summed E-state index contributed by atoms with van der Waals surface area (Å²) < 4.78 is 0. The molecule has 0 aliphatic rings. The van der Waals surface area contributed by atoms with Gasteiger partial charge in [-0.2, -0.15) is 0 Å². The molecule has 0 heterocycles. The molecule has 0 aliphatic heterocycles. The Morgan fingerprint density at radius 3 is 2.05 bits per heavy atom. The van der Waals surface area contributed by atoms with Gasteiger partial charge in [0.25, 0.3) is 0 Å². The number of nitrogens with two attached hydrogens (primary N) is 1. The Bertz CT molecular complexity index is 450. The van der Waals surface area contributed by atoms with Crippen LogP contribution in [0, 0.1) is 0 Å². The van der Waals surface area contributed by atoms with Crippen molar-refractivity contribution in [3.05, 3.63) is 71.8 Å². The van der Waals surface area contributed by atoms with Gasteiger partial charge >= 0.3 is 0 Å². The maximum atomic E-state index is 5.90. The van der Waals surface area contributed by atoms with E-state index in [0.717, 1.165) is 6.54 Å². The van der Waals surface area contributed by atoms with Crippen LogP contribution in [0.2, 0.25) is 0 Å². The molecule has 0 radical (unpaired) electrons. The molecular weight excluding hydrogens is 230 g/mol. The van der Waals surface area contributed by atoms with Crippen molar-refractivity contribution in [3.63, 3.8) is 0 Å². The molecule has 2 aromatic rings. The summed E-state index contributed by atoms with van der Waals surface area (Å²) in [5, 5.41) is 0. The minimum Gasteiger partial charge on any atom is -0.330 e. The van der Waals surface area contributed by atoms with Crippen LogP contribution < -0.4 is 5.73 Å². The molecule has 0 aliphatic carbocycles. The molecule has 0 saturated carbocycles. The molecule has 0 fully saturated rings. The Labute approximate surface area is 116 Å². The zero-order valence-electron chi connectivity index (χ0n) is 11.5. The Morgan fingerprint density at radius 1 is 0.789 bits per heavy atom. The zero-order chi connectivity index (χ0) is 13.3. The molecule has 0 saturated heterocycles. The van der Waals surface area contributed by atoms with E-state index >= 15 is 0 Å². The van der Waals surface area contributed by atoms with Crippen LogP contribution in [0.25, 0.3) is 0 Å². The fourth-order valence-electron chi connectivity index (χ4n) is 2.51. The molecule has 0 bridgehead atoms. The summed E-state index contributed by atoms with van der Waals surface area (Å²) in [6.07, 6.45) is 4.85. The molecule has 1 nitrogen and oxygen atoms in total. The van der Waals surface area contributed by atoms with E-state index in [4.69, 9.17) is 5.73 Å². The molecule has 0 aromatic heterocycles. The second-order valence-electron chi connectivity index (χ2n) is 5.07. The maximum Gasteiger partial charge on any atom is -0.000824 e. The third-order valence-electron chi connectivity index (χ3n) is 3.67. The molecule has 2 N–H and O–H groups in total. The van der Waals surface area contributed by atoms with Gasteiger partial charge in [0.05, 0.1) is 0 Å².